The molecule has 1 amide bonds. The molecule has 3 rings (SSSR count). The molecule has 0 aliphatic heterocycles. The van der Waals surface area contributed by atoms with Gasteiger partial charge in [0.15, 0.2) is 5.82 Å². The predicted octanol–water partition coefficient (Wildman–Crippen LogP) is 1.42. The maximum Gasteiger partial charge on any atom is 0.252 e. The molecule has 0 saturated heterocycles. The molecular formula is C16H18N6O. The second-order valence-corrected chi connectivity index (χ2v) is 5.10. The predicted molar refractivity (Wildman–Crippen MR) is 86.9 cm³/mol. The molecule has 118 valence electrons. The number of hydrogen-bond donors (Lipinski definition) is 2. The van der Waals surface area contributed by atoms with Crippen molar-refractivity contribution in [2.24, 2.45) is 0 Å². The van der Waals surface area contributed by atoms with Gasteiger partial charge >= 0.3 is 0 Å². The van der Waals surface area contributed by atoms with Crippen molar-refractivity contribution in [2.45, 2.75) is 19.9 Å². The molecule has 0 aliphatic carbocycles. The number of anilines is 1. The quantitative estimate of drug-likeness (QED) is 0.719. The van der Waals surface area contributed by atoms with Crippen molar-refractivity contribution in [3.8, 4) is 0 Å². The SMILES string of the molecule is CCNCc1cccc(NC(=O)Cc2nc3ncccn3n2)c1. The maximum atomic E-state index is 12.1. The molecule has 0 atom stereocenters. The summed E-state index contributed by atoms with van der Waals surface area (Å²) in [6.07, 6.45) is 3.51. The van der Waals surface area contributed by atoms with Crippen LogP contribution < -0.4 is 10.6 Å². The fourth-order valence-electron chi connectivity index (χ4n) is 2.23. The Morgan fingerprint density at radius 1 is 1.30 bits per heavy atom. The molecule has 0 radical (unpaired) electrons. The minimum Gasteiger partial charge on any atom is -0.326 e. The van der Waals surface area contributed by atoms with Crippen LogP contribution in [0.4, 0.5) is 5.69 Å². The van der Waals surface area contributed by atoms with Gasteiger partial charge in [0.1, 0.15) is 0 Å². The van der Waals surface area contributed by atoms with Crippen LogP contribution in [-0.2, 0) is 17.8 Å². The zero-order chi connectivity index (χ0) is 16.1. The van der Waals surface area contributed by atoms with Gasteiger partial charge in [0.2, 0.25) is 5.91 Å². The van der Waals surface area contributed by atoms with Crippen molar-refractivity contribution >= 4 is 17.4 Å². The number of rotatable bonds is 6. The Hall–Kier alpha value is -2.80. The standard InChI is InChI=1S/C16H18N6O/c1-2-17-11-12-5-3-6-13(9-12)19-15(23)10-14-20-16-18-7-4-8-22(16)21-14/h3-9,17H,2,10-11H2,1H3,(H,19,23). The van der Waals surface area contributed by atoms with Gasteiger partial charge in [0.05, 0.1) is 6.42 Å². The average Bonchev–Trinajstić information content (AvgIpc) is 2.95. The third kappa shape index (κ3) is 3.89. The monoisotopic (exact) mass is 310 g/mol. The van der Waals surface area contributed by atoms with E-state index in [1.165, 1.54) is 0 Å². The van der Waals surface area contributed by atoms with E-state index in [9.17, 15) is 4.79 Å². The maximum absolute atomic E-state index is 12.1. The first-order valence-corrected chi connectivity index (χ1v) is 7.50. The van der Waals surface area contributed by atoms with Crippen molar-refractivity contribution in [2.75, 3.05) is 11.9 Å². The van der Waals surface area contributed by atoms with Crippen LogP contribution in [0.15, 0.2) is 42.7 Å². The Morgan fingerprint density at radius 2 is 2.22 bits per heavy atom. The highest BCUT2D eigenvalue weighted by atomic mass is 16.1. The zero-order valence-electron chi connectivity index (χ0n) is 12.9. The van der Waals surface area contributed by atoms with Crippen molar-refractivity contribution in [3.63, 3.8) is 0 Å². The summed E-state index contributed by atoms with van der Waals surface area (Å²) in [6, 6.07) is 9.54. The van der Waals surface area contributed by atoms with E-state index in [0.29, 0.717) is 11.6 Å². The number of nitrogens with one attached hydrogen (secondary N) is 2. The fourth-order valence-corrected chi connectivity index (χ4v) is 2.23. The Labute approximate surface area is 133 Å². The first-order valence-electron chi connectivity index (χ1n) is 7.50. The molecule has 7 heteroatoms. The fraction of sp³-hybridized carbons (Fsp3) is 0.250. The van der Waals surface area contributed by atoms with E-state index in [1.807, 2.05) is 24.3 Å². The number of amides is 1. The van der Waals surface area contributed by atoms with Gasteiger partial charge in [-0.2, -0.15) is 4.98 Å². The van der Waals surface area contributed by atoms with Crippen molar-refractivity contribution in [1.82, 2.24) is 24.9 Å². The second-order valence-electron chi connectivity index (χ2n) is 5.10. The molecule has 0 fully saturated rings. The van der Waals surface area contributed by atoms with Gasteiger partial charge in [-0.25, -0.2) is 9.50 Å². The van der Waals surface area contributed by atoms with Crippen molar-refractivity contribution in [1.29, 1.82) is 0 Å². The van der Waals surface area contributed by atoms with Crippen LogP contribution >= 0.6 is 0 Å². The van der Waals surface area contributed by atoms with Gasteiger partial charge in [-0.15, -0.1) is 5.10 Å². The molecule has 3 aromatic rings. The van der Waals surface area contributed by atoms with Crippen LogP contribution in [0, 0.1) is 0 Å². The van der Waals surface area contributed by atoms with E-state index < -0.39 is 0 Å². The Bertz CT molecular complexity index is 780. The second kappa shape index (κ2) is 6.97. The summed E-state index contributed by atoms with van der Waals surface area (Å²) in [4.78, 5) is 20.5. The summed E-state index contributed by atoms with van der Waals surface area (Å²) >= 11 is 0. The van der Waals surface area contributed by atoms with Crippen molar-refractivity contribution < 1.29 is 4.79 Å². The molecule has 2 N–H and O–H groups in total. The Morgan fingerprint density at radius 3 is 3.04 bits per heavy atom. The van der Waals surface area contributed by atoms with Crippen LogP contribution in [0.25, 0.3) is 5.78 Å². The van der Waals surface area contributed by atoms with Crippen LogP contribution in [0.5, 0.6) is 0 Å². The van der Waals surface area contributed by atoms with E-state index >= 15 is 0 Å². The van der Waals surface area contributed by atoms with Gasteiger partial charge in [-0.1, -0.05) is 19.1 Å². The van der Waals surface area contributed by atoms with Gasteiger partial charge in [-0.3, -0.25) is 4.79 Å². The Balaban J connectivity index is 1.64. The lowest BCUT2D eigenvalue weighted by Crippen LogP contribution is -2.16. The lowest BCUT2D eigenvalue weighted by molar-refractivity contribution is -0.115. The summed E-state index contributed by atoms with van der Waals surface area (Å²) in [5.74, 6) is 0.787. The van der Waals surface area contributed by atoms with E-state index in [2.05, 4.69) is 32.6 Å². The highest BCUT2D eigenvalue weighted by Crippen LogP contribution is 2.11. The molecule has 0 aliphatic rings. The molecular weight excluding hydrogens is 292 g/mol. The minimum absolute atomic E-state index is 0.112. The van der Waals surface area contributed by atoms with E-state index in [0.717, 1.165) is 24.3 Å². The molecule has 23 heavy (non-hydrogen) atoms. The van der Waals surface area contributed by atoms with Crippen LogP contribution in [0.3, 0.4) is 0 Å². The molecule has 0 spiro atoms. The van der Waals surface area contributed by atoms with Gasteiger partial charge in [0.25, 0.3) is 5.78 Å². The van der Waals surface area contributed by atoms with Crippen LogP contribution in [0.1, 0.15) is 18.3 Å². The molecule has 0 unspecified atom stereocenters. The number of fused-ring (bicyclic) bond motifs is 1. The number of hydrogen-bond acceptors (Lipinski definition) is 5. The average molecular weight is 310 g/mol. The molecule has 0 saturated carbocycles. The number of carbonyl (C=O) groups is 1. The van der Waals surface area contributed by atoms with Crippen LogP contribution in [0.2, 0.25) is 0 Å². The highest BCUT2D eigenvalue weighted by Gasteiger charge is 2.10. The minimum atomic E-state index is -0.151. The third-order valence-electron chi connectivity index (χ3n) is 3.27. The summed E-state index contributed by atoms with van der Waals surface area (Å²) in [5.41, 5.74) is 1.90. The van der Waals surface area contributed by atoms with Crippen molar-refractivity contribution in [3.05, 3.63) is 54.1 Å². The third-order valence-corrected chi connectivity index (χ3v) is 3.27. The lowest BCUT2D eigenvalue weighted by Gasteiger charge is -2.07. The molecule has 2 heterocycles. The number of aromatic nitrogens is 4. The van der Waals surface area contributed by atoms with E-state index in [1.54, 1.807) is 23.0 Å². The van der Waals surface area contributed by atoms with Crippen LogP contribution in [-0.4, -0.2) is 32.0 Å². The molecule has 7 nitrogen and oxygen atoms in total. The normalized spacial score (nSPS) is 10.8. The smallest absolute Gasteiger partial charge is 0.252 e. The number of nitrogens with zero attached hydrogens (tertiary/aromatic N) is 4. The molecule has 1 aromatic carbocycles. The van der Waals surface area contributed by atoms with Gasteiger partial charge in [0, 0.05) is 24.6 Å². The van der Waals surface area contributed by atoms with E-state index in [-0.39, 0.29) is 12.3 Å². The first-order chi connectivity index (χ1) is 11.2. The lowest BCUT2D eigenvalue weighted by atomic mass is 10.2. The van der Waals surface area contributed by atoms with Gasteiger partial charge < -0.3 is 10.6 Å². The van der Waals surface area contributed by atoms with Gasteiger partial charge in [-0.05, 0) is 30.3 Å². The molecule has 0 bridgehead atoms. The largest absolute Gasteiger partial charge is 0.326 e. The summed E-state index contributed by atoms with van der Waals surface area (Å²) in [6.45, 7) is 3.74. The topological polar surface area (TPSA) is 84.2 Å². The summed E-state index contributed by atoms with van der Waals surface area (Å²) in [5, 5.41) is 10.4. The number of carbonyl (C=O) groups excluding carboxylic acids is 1. The first kappa shape index (κ1) is 15.1. The summed E-state index contributed by atoms with van der Waals surface area (Å²) < 4.78 is 1.56. The molecule has 2 aromatic heterocycles. The van der Waals surface area contributed by atoms with E-state index in [4.69, 9.17) is 0 Å². The highest BCUT2D eigenvalue weighted by molar-refractivity contribution is 5.91. The number of benzene rings is 1. The zero-order valence-corrected chi connectivity index (χ0v) is 12.9. The Kier molecular flexibility index (Phi) is 4.58. The summed E-state index contributed by atoms with van der Waals surface area (Å²) in [7, 11) is 0.